The number of carbonyl (C=O) groups excluding carboxylic acids is 1. The molecule has 19 heavy (non-hydrogen) atoms. The molecule has 104 valence electrons. The van der Waals surface area contributed by atoms with Crippen LogP contribution in [0.2, 0.25) is 0 Å². The van der Waals surface area contributed by atoms with Crippen molar-refractivity contribution in [3.05, 3.63) is 11.4 Å². The number of H-pyrrole nitrogens is 1. The highest BCUT2D eigenvalue weighted by Gasteiger charge is 2.32. The van der Waals surface area contributed by atoms with Gasteiger partial charge < -0.3 is 11.1 Å². The lowest BCUT2D eigenvalue weighted by molar-refractivity contribution is 0.0930. The van der Waals surface area contributed by atoms with Crippen LogP contribution in [0.4, 0.5) is 5.69 Å². The average molecular weight is 262 g/mol. The van der Waals surface area contributed by atoms with Crippen LogP contribution in [-0.4, -0.2) is 22.6 Å². The lowest BCUT2D eigenvalue weighted by atomic mass is 9.89. The number of anilines is 1. The lowest BCUT2D eigenvalue weighted by Crippen LogP contribution is -2.34. The van der Waals surface area contributed by atoms with Crippen LogP contribution in [-0.2, 0) is 0 Å². The van der Waals surface area contributed by atoms with Crippen molar-refractivity contribution in [3.8, 4) is 0 Å². The molecule has 5 heteroatoms. The third kappa shape index (κ3) is 2.46. The summed E-state index contributed by atoms with van der Waals surface area (Å²) in [5.74, 6) is 0.343. The number of aromatic amines is 1. The number of nitrogens with one attached hydrogen (secondary N) is 2. The molecule has 1 aromatic rings. The van der Waals surface area contributed by atoms with E-state index in [1.54, 1.807) is 0 Å². The van der Waals surface area contributed by atoms with Gasteiger partial charge in [0.1, 0.15) is 0 Å². The molecular weight excluding hydrogens is 240 g/mol. The molecule has 2 aliphatic rings. The van der Waals surface area contributed by atoms with Crippen LogP contribution in [0.15, 0.2) is 0 Å². The predicted molar refractivity (Wildman–Crippen MR) is 73.9 cm³/mol. The molecule has 0 atom stereocenters. The minimum absolute atomic E-state index is 0.145. The Morgan fingerprint density at radius 1 is 1.47 bits per heavy atom. The van der Waals surface area contributed by atoms with Gasteiger partial charge in [-0.3, -0.25) is 9.89 Å². The predicted octanol–water partition coefficient (Wildman–Crippen LogP) is 2.18. The van der Waals surface area contributed by atoms with E-state index in [9.17, 15) is 4.79 Å². The van der Waals surface area contributed by atoms with E-state index in [2.05, 4.69) is 22.4 Å². The van der Waals surface area contributed by atoms with Gasteiger partial charge in [0.25, 0.3) is 5.91 Å². The van der Waals surface area contributed by atoms with E-state index >= 15 is 0 Å². The summed E-state index contributed by atoms with van der Waals surface area (Å²) in [7, 11) is 0. The highest BCUT2D eigenvalue weighted by Crippen LogP contribution is 2.42. The fourth-order valence-corrected chi connectivity index (χ4v) is 3.00. The summed E-state index contributed by atoms with van der Waals surface area (Å²) in [6, 6.07) is 0. The summed E-state index contributed by atoms with van der Waals surface area (Å²) >= 11 is 0. The molecule has 0 aromatic carbocycles. The van der Waals surface area contributed by atoms with Crippen molar-refractivity contribution in [2.45, 2.75) is 51.4 Å². The fraction of sp³-hybridized carbons (Fsp3) is 0.714. The van der Waals surface area contributed by atoms with Crippen LogP contribution in [0, 0.1) is 5.41 Å². The fourth-order valence-electron chi connectivity index (χ4n) is 3.00. The minimum Gasteiger partial charge on any atom is -0.395 e. The molecule has 1 aromatic heterocycles. The molecule has 4 N–H and O–H groups in total. The second-order valence-corrected chi connectivity index (χ2v) is 6.37. The number of nitrogen functional groups attached to an aromatic ring is 1. The summed E-state index contributed by atoms with van der Waals surface area (Å²) in [6.45, 7) is 2.96. The third-order valence-electron chi connectivity index (χ3n) is 4.52. The van der Waals surface area contributed by atoms with Crippen molar-refractivity contribution in [2.75, 3.05) is 12.3 Å². The summed E-state index contributed by atoms with van der Waals surface area (Å²) < 4.78 is 0. The van der Waals surface area contributed by atoms with E-state index in [-0.39, 0.29) is 11.3 Å². The highest BCUT2D eigenvalue weighted by atomic mass is 16.1. The molecule has 5 nitrogen and oxygen atoms in total. The van der Waals surface area contributed by atoms with Crippen LogP contribution < -0.4 is 11.1 Å². The number of aromatic nitrogens is 2. The number of amides is 1. The Kier molecular flexibility index (Phi) is 2.99. The van der Waals surface area contributed by atoms with Crippen molar-refractivity contribution in [2.24, 2.45) is 5.41 Å². The molecule has 0 bridgehead atoms. The van der Waals surface area contributed by atoms with Crippen molar-refractivity contribution in [1.82, 2.24) is 15.5 Å². The van der Waals surface area contributed by atoms with E-state index in [0.29, 0.717) is 17.3 Å². The molecule has 0 spiro atoms. The first-order chi connectivity index (χ1) is 9.09. The Labute approximate surface area is 113 Å². The van der Waals surface area contributed by atoms with Gasteiger partial charge in [-0.1, -0.05) is 19.8 Å². The summed E-state index contributed by atoms with van der Waals surface area (Å²) in [5, 5.41) is 9.99. The number of hydrogen-bond acceptors (Lipinski definition) is 3. The standard InChI is InChI=1S/C14H22N4O/c1-14(6-2-3-7-14)8-16-13(19)12-10(15)11(17-18-12)9-4-5-9/h9H,2-8,15H2,1H3,(H,16,19)(H,17,18). The summed E-state index contributed by atoms with van der Waals surface area (Å²) in [6.07, 6.45) is 7.20. The molecule has 2 saturated carbocycles. The van der Waals surface area contributed by atoms with Crippen LogP contribution in [0.1, 0.15) is 67.5 Å². The minimum atomic E-state index is -0.145. The van der Waals surface area contributed by atoms with Crippen LogP contribution >= 0.6 is 0 Å². The van der Waals surface area contributed by atoms with E-state index in [4.69, 9.17) is 5.73 Å². The van der Waals surface area contributed by atoms with E-state index in [0.717, 1.165) is 25.1 Å². The smallest absolute Gasteiger partial charge is 0.273 e. The Morgan fingerprint density at radius 2 is 2.16 bits per heavy atom. The maximum absolute atomic E-state index is 12.1. The van der Waals surface area contributed by atoms with E-state index in [1.807, 2.05) is 0 Å². The summed E-state index contributed by atoms with van der Waals surface area (Å²) in [5.41, 5.74) is 8.10. The number of rotatable bonds is 4. The van der Waals surface area contributed by atoms with Gasteiger partial charge in [0.15, 0.2) is 5.69 Å². The zero-order valence-electron chi connectivity index (χ0n) is 11.5. The second-order valence-electron chi connectivity index (χ2n) is 6.37. The number of nitrogens with zero attached hydrogens (tertiary/aromatic N) is 1. The SMILES string of the molecule is CC1(CNC(=O)c2n[nH]c(C3CC3)c2N)CCCC1. The number of nitrogens with two attached hydrogens (primary N) is 1. The Bertz CT molecular complexity index is 484. The number of hydrogen-bond donors (Lipinski definition) is 3. The van der Waals surface area contributed by atoms with Gasteiger partial charge in [-0.15, -0.1) is 0 Å². The van der Waals surface area contributed by atoms with Gasteiger partial charge >= 0.3 is 0 Å². The van der Waals surface area contributed by atoms with E-state index < -0.39 is 0 Å². The van der Waals surface area contributed by atoms with Crippen molar-refractivity contribution < 1.29 is 4.79 Å². The van der Waals surface area contributed by atoms with Crippen LogP contribution in [0.3, 0.4) is 0 Å². The molecule has 2 aliphatic carbocycles. The Balaban J connectivity index is 1.63. The van der Waals surface area contributed by atoms with Gasteiger partial charge in [0.2, 0.25) is 0 Å². The first-order valence-electron chi connectivity index (χ1n) is 7.21. The molecule has 0 radical (unpaired) electrons. The normalized spacial score (nSPS) is 21.5. The van der Waals surface area contributed by atoms with Gasteiger partial charge in [-0.05, 0) is 31.1 Å². The maximum Gasteiger partial charge on any atom is 0.273 e. The zero-order chi connectivity index (χ0) is 13.5. The van der Waals surface area contributed by atoms with Crippen molar-refractivity contribution >= 4 is 11.6 Å². The largest absolute Gasteiger partial charge is 0.395 e. The Hall–Kier alpha value is -1.52. The van der Waals surface area contributed by atoms with E-state index in [1.165, 1.54) is 25.7 Å². The Morgan fingerprint density at radius 3 is 2.79 bits per heavy atom. The lowest BCUT2D eigenvalue weighted by Gasteiger charge is -2.23. The molecule has 0 saturated heterocycles. The molecular formula is C14H22N4O. The first-order valence-corrected chi connectivity index (χ1v) is 7.21. The van der Waals surface area contributed by atoms with Gasteiger partial charge in [-0.25, -0.2) is 0 Å². The first kappa shape index (κ1) is 12.5. The molecule has 3 rings (SSSR count). The van der Waals surface area contributed by atoms with Gasteiger partial charge in [0, 0.05) is 12.5 Å². The second kappa shape index (κ2) is 4.54. The third-order valence-corrected chi connectivity index (χ3v) is 4.52. The molecule has 1 amide bonds. The summed E-state index contributed by atoms with van der Waals surface area (Å²) in [4.78, 5) is 12.1. The van der Waals surface area contributed by atoms with Crippen LogP contribution in [0.5, 0.6) is 0 Å². The monoisotopic (exact) mass is 262 g/mol. The molecule has 0 aliphatic heterocycles. The van der Waals surface area contributed by atoms with Crippen molar-refractivity contribution in [1.29, 1.82) is 0 Å². The van der Waals surface area contributed by atoms with Gasteiger partial charge in [-0.2, -0.15) is 5.10 Å². The van der Waals surface area contributed by atoms with Crippen molar-refractivity contribution in [3.63, 3.8) is 0 Å². The average Bonchev–Trinajstić information content (AvgIpc) is 3.03. The molecule has 2 fully saturated rings. The number of carbonyl (C=O) groups is 1. The van der Waals surface area contributed by atoms with Gasteiger partial charge in [0.05, 0.1) is 11.4 Å². The molecule has 0 unspecified atom stereocenters. The zero-order valence-corrected chi connectivity index (χ0v) is 11.5. The highest BCUT2D eigenvalue weighted by molar-refractivity contribution is 5.97. The molecule has 1 heterocycles. The van der Waals surface area contributed by atoms with Crippen LogP contribution in [0.25, 0.3) is 0 Å². The topological polar surface area (TPSA) is 83.8 Å². The maximum atomic E-state index is 12.1. The quantitative estimate of drug-likeness (QED) is 0.777.